The molecule has 8 heteroatoms. The van der Waals surface area contributed by atoms with Crippen LogP contribution in [-0.2, 0) is 21.4 Å². The van der Waals surface area contributed by atoms with Gasteiger partial charge in [-0.1, -0.05) is 12.1 Å². The van der Waals surface area contributed by atoms with Crippen molar-refractivity contribution in [3.05, 3.63) is 60.1 Å². The summed E-state index contributed by atoms with van der Waals surface area (Å²) in [6.07, 6.45) is 5.47. The predicted octanol–water partition coefficient (Wildman–Crippen LogP) is 1.75. The fourth-order valence-corrected chi connectivity index (χ4v) is 3.77. The van der Waals surface area contributed by atoms with Crippen LogP contribution in [0.25, 0.3) is 6.08 Å². The molecular weight excluding hydrogens is 368 g/mol. The maximum atomic E-state index is 12.3. The van der Waals surface area contributed by atoms with Crippen molar-refractivity contribution in [2.75, 3.05) is 13.1 Å². The molecule has 1 aliphatic heterocycles. The number of nitrogens with zero attached hydrogens (tertiary/aromatic N) is 1. The van der Waals surface area contributed by atoms with Crippen molar-refractivity contribution >= 4 is 22.0 Å². The van der Waals surface area contributed by atoms with E-state index >= 15 is 0 Å². The number of hydrogen-bond donors (Lipinski definition) is 2. The average Bonchev–Trinajstić information content (AvgIpc) is 3.19. The first-order chi connectivity index (χ1) is 12.9. The second-order valence-electron chi connectivity index (χ2n) is 6.36. The number of hydrogen-bond acceptors (Lipinski definition) is 5. The van der Waals surface area contributed by atoms with E-state index in [0.717, 1.165) is 5.56 Å². The largest absolute Gasteiger partial charge is 0.468 e. The Kier molecular flexibility index (Phi) is 6.10. The van der Waals surface area contributed by atoms with Crippen LogP contribution in [0.15, 0.2) is 58.1 Å². The van der Waals surface area contributed by atoms with Crippen LogP contribution in [0, 0.1) is 0 Å². The SMILES string of the molecule is O=C(/C=C/c1ccc(S(=O)(=O)NCc2ccco2)cc1)N1CCC(O)CC1. The third-order valence-electron chi connectivity index (χ3n) is 4.40. The molecular formula is C19H22N2O5S. The van der Waals surface area contributed by atoms with E-state index in [1.807, 2.05) is 0 Å². The molecule has 0 spiro atoms. The van der Waals surface area contributed by atoms with Gasteiger partial charge in [-0.3, -0.25) is 4.79 Å². The van der Waals surface area contributed by atoms with E-state index in [1.165, 1.54) is 24.5 Å². The molecule has 27 heavy (non-hydrogen) atoms. The van der Waals surface area contributed by atoms with Crippen molar-refractivity contribution in [1.82, 2.24) is 9.62 Å². The first-order valence-electron chi connectivity index (χ1n) is 8.71. The summed E-state index contributed by atoms with van der Waals surface area (Å²) in [5.74, 6) is 0.417. The number of likely N-dealkylation sites (tertiary alicyclic amines) is 1. The molecule has 1 amide bonds. The van der Waals surface area contributed by atoms with Crippen LogP contribution < -0.4 is 4.72 Å². The zero-order valence-electron chi connectivity index (χ0n) is 14.7. The molecule has 1 aliphatic rings. The fourth-order valence-electron chi connectivity index (χ4n) is 2.78. The number of rotatable bonds is 6. The molecule has 0 aliphatic carbocycles. The molecule has 2 N–H and O–H groups in total. The Hall–Kier alpha value is -2.42. The van der Waals surface area contributed by atoms with Crippen molar-refractivity contribution in [3.63, 3.8) is 0 Å². The van der Waals surface area contributed by atoms with Crippen molar-refractivity contribution in [1.29, 1.82) is 0 Å². The van der Waals surface area contributed by atoms with Crippen molar-refractivity contribution in [2.45, 2.75) is 30.4 Å². The number of amides is 1. The summed E-state index contributed by atoms with van der Waals surface area (Å²) in [5, 5.41) is 9.48. The molecule has 1 saturated heterocycles. The van der Waals surface area contributed by atoms with Gasteiger partial charge >= 0.3 is 0 Å². The number of carbonyl (C=O) groups is 1. The molecule has 7 nitrogen and oxygen atoms in total. The highest BCUT2D eigenvalue weighted by Gasteiger charge is 2.19. The number of carbonyl (C=O) groups excluding carboxylic acids is 1. The zero-order valence-corrected chi connectivity index (χ0v) is 15.6. The lowest BCUT2D eigenvalue weighted by Gasteiger charge is -2.28. The van der Waals surface area contributed by atoms with Crippen LogP contribution in [0.2, 0.25) is 0 Å². The first-order valence-corrected chi connectivity index (χ1v) is 10.2. The molecule has 0 saturated carbocycles. The van der Waals surface area contributed by atoms with Crippen LogP contribution >= 0.6 is 0 Å². The Labute approximate surface area is 158 Å². The van der Waals surface area contributed by atoms with E-state index in [9.17, 15) is 18.3 Å². The van der Waals surface area contributed by atoms with Gasteiger partial charge in [0, 0.05) is 19.2 Å². The zero-order chi connectivity index (χ0) is 19.3. The lowest BCUT2D eigenvalue weighted by molar-refractivity contribution is -0.127. The Morgan fingerprint density at radius 1 is 1.22 bits per heavy atom. The molecule has 3 rings (SSSR count). The minimum atomic E-state index is -3.64. The number of furan rings is 1. The average molecular weight is 390 g/mol. The van der Waals surface area contributed by atoms with Gasteiger partial charge < -0.3 is 14.4 Å². The van der Waals surface area contributed by atoms with Crippen LogP contribution in [0.4, 0.5) is 0 Å². The summed E-state index contributed by atoms with van der Waals surface area (Å²) in [6, 6.07) is 9.66. The number of aliphatic hydroxyl groups excluding tert-OH is 1. The van der Waals surface area contributed by atoms with Crippen LogP contribution in [0.5, 0.6) is 0 Å². The monoisotopic (exact) mass is 390 g/mol. The van der Waals surface area contributed by atoms with Gasteiger partial charge in [-0.2, -0.15) is 0 Å². The number of aliphatic hydroxyl groups is 1. The number of piperidine rings is 1. The van der Waals surface area contributed by atoms with Gasteiger partial charge in [0.25, 0.3) is 0 Å². The summed E-state index contributed by atoms with van der Waals surface area (Å²) in [6.45, 7) is 1.17. The van der Waals surface area contributed by atoms with E-state index in [4.69, 9.17) is 4.42 Å². The normalized spacial score (nSPS) is 16.1. The molecule has 1 aromatic heterocycles. The van der Waals surface area contributed by atoms with Gasteiger partial charge in [0.1, 0.15) is 5.76 Å². The molecule has 0 atom stereocenters. The maximum Gasteiger partial charge on any atom is 0.246 e. The summed E-state index contributed by atoms with van der Waals surface area (Å²) in [7, 11) is -3.64. The number of sulfonamides is 1. The Bertz CT molecular complexity index is 881. The maximum absolute atomic E-state index is 12.3. The van der Waals surface area contributed by atoms with Gasteiger partial charge in [-0.05, 0) is 48.7 Å². The number of benzene rings is 1. The van der Waals surface area contributed by atoms with Crippen molar-refractivity contribution in [2.24, 2.45) is 0 Å². The lowest BCUT2D eigenvalue weighted by Crippen LogP contribution is -2.39. The molecule has 2 heterocycles. The molecule has 144 valence electrons. The van der Waals surface area contributed by atoms with E-state index < -0.39 is 10.0 Å². The lowest BCUT2D eigenvalue weighted by atomic mass is 10.1. The minimum absolute atomic E-state index is 0.0794. The molecule has 2 aromatic rings. The minimum Gasteiger partial charge on any atom is -0.468 e. The van der Waals surface area contributed by atoms with E-state index in [-0.39, 0.29) is 23.5 Å². The fraction of sp³-hybridized carbons (Fsp3) is 0.316. The highest BCUT2D eigenvalue weighted by molar-refractivity contribution is 7.89. The first kappa shape index (κ1) is 19.3. The van der Waals surface area contributed by atoms with Crippen LogP contribution in [-0.4, -0.2) is 43.5 Å². The third-order valence-corrected chi connectivity index (χ3v) is 5.82. The van der Waals surface area contributed by atoms with Crippen molar-refractivity contribution < 1.29 is 22.7 Å². The topological polar surface area (TPSA) is 99.8 Å². The van der Waals surface area contributed by atoms with Crippen LogP contribution in [0.3, 0.4) is 0 Å². The van der Waals surface area contributed by atoms with E-state index in [0.29, 0.717) is 31.7 Å². The van der Waals surface area contributed by atoms with Gasteiger partial charge in [0.15, 0.2) is 0 Å². The van der Waals surface area contributed by atoms with Crippen LogP contribution in [0.1, 0.15) is 24.2 Å². The molecule has 0 radical (unpaired) electrons. The Balaban J connectivity index is 1.58. The number of nitrogens with one attached hydrogen (secondary N) is 1. The highest BCUT2D eigenvalue weighted by Crippen LogP contribution is 2.14. The molecule has 1 fully saturated rings. The highest BCUT2D eigenvalue weighted by atomic mass is 32.2. The summed E-state index contributed by atoms with van der Waals surface area (Å²) in [4.78, 5) is 14.0. The summed E-state index contributed by atoms with van der Waals surface area (Å²) >= 11 is 0. The Morgan fingerprint density at radius 2 is 1.93 bits per heavy atom. The van der Waals surface area contributed by atoms with E-state index in [2.05, 4.69) is 4.72 Å². The molecule has 1 aromatic carbocycles. The van der Waals surface area contributed by atoms with Gasteiger partial charge in [0.05, 0.1) is 23.8 Å². The van der Waals surface area contributed by atoms with E-state index in [1.54, 1.807) is 35.2 Å². The van der Waals surface area contributed by atoms with Gasteiger partial charge in [0.2, 0.25) is 15.9 Å². The second-order valence-corrected chi connectivity index (χ2v) is 8.13. The second kappa shape index (κ2) is 8.51. The van der Waals surface area contributed by atoms with Crippen molar-refractivity contribution in [3.8, 4) is 0 Å². The summed E-state index contributed by atoms with van der Waals surface area (Å²) in [5.41, 5.74) is 0.727. The molecule has 0 unspecified atom stereocenters. The standard InChI is InChI=1S/C19H22N2O5S/c22-16-9-11-21(12-10-16)19(23)8-5-15-3-6-18(7-4-15)27(24,25)20-14-17-2-1-13-26-17/h1-8,13,16,20,22H,9-12,14H2/b8-5+. The Morgan fingerprint density at radius 3 is 2.56 bits per heavy atom. The third kappa shape index (κ3) is 5.29. The smallest absolute Gasteiger partial charge is 0.246 e. The molecule has 0 bridgehead atoms. The van der Waals surface area contributed by atoms with Gasteiger partial charge in [-0.15, -0.1) is 0 Å². The summed E-state index contributed by atoms with van der Waals surface area (Å²) < 4.78 is 32.2. The predicted molar refractivity (Wildman–Crippen MR) is 100 cm³/mol. The quantitative estimate of drug-likeness (QED) is 0.732. The van der Waals surface area contributed by atoms with Gasteiger partial charge in [-0.25, -0.2) is 13.1 Å².